The molecule has 24 rings (SSSR count). The van der Waals surface area contributed by atoms with Crippen LogP contribution in [-0.2, 0) is 28.2 Å². The van der Waals surface area contributed by atoms with Gasteiger partial charge in [0.1, 0.15) is 6.33 Å². The number of aryl methyl sites for hydroxylation is 4. The van der Waals surface area contributed by atoms with E-state index in [1.807, 2.05) is 70.6 Å². The molecule has 0 radical (unpaired) electrons. The Morgan fingerprint density at radius 2 is 0.660 bits per heavy atom. The van der Waals surface area contributed by atoms with E-state index in [9.17, 15) is 19.2 Å². The lowest BCUT2D eigenvalue weighted by molar-refractivity contribution is 0.0906. The number of nitrogens with zero attached hydrogens (tertiary/aromatic N) is 21. The maximum absolute atomic E-state index is 13.2. The number of anilines is 9. The van der Waals surface area contributed by atoms with Crippen molar-refractivity contribution in [2.24, 2.45) is 28.2 Å². The third-order valence-electron chi connectivity index (χ3n) is 27.7. The number of aromatic nitrogens is 18. The first kappa shape index (κ1) is 95.2. The minimum absolute atomic E-state index is 0.0678. The zero-order valence-corrected chi connectivity index (χ0v) is 82.4. The molecule has 2 saturated heterocycles. The quantitative estimate of drug-likeness (QED) is 0.0373. The smallest absolute Gasteiger partial charge is 0.257 e. The van der Waals surface area contributed by atoms with Crippen LogP contribution < -0.4 is 42.1 Å². The van der Waals surface area contributed by atoms with E-state index in [1.54, 1.807) is 136 Å². The molecule has 147 heavy (non-hydrogen) atoms. The number of pyridine rings is 4. The summed E-state index contributed by atoms with van der Waals surface area (Å²) >= 11 is 0. The molecule has 1 unspecified atom stereocenters. The Labute approximate surface area is 847 Å². The molecule has 7 N–H and O–H groups in total. The highest BCUT2D eigenvalue weighted by molar-refractivity contribution is 6.10. The molecular formula is C115H108N28O4. The lowest BCUT2D eigenvalue weighted by Crippen LogP contribution is -2.46. The molecule has 32 nitrogen and oxygen atoms in total. The van der Waals surface area contributed by atoms with Gasteiger partial charge in [0.05, 0.1) is 132 Å². The van der Waals surface area contributed by atoms with E-state index in [1.165, 1.54) is 47.1 Å². The van der Waals surface area contributed by atoms with Crippen LogP contribution in [-0.4, -0.2) is 187 Å². The van der Waals surface area contributed by atoms with E-state index in [0.717, 1.165) is 198 Å². The predicted octanol–water partition coefficient (Wildman–Crippen LogP) is 20.5. The van der Waals surface area contributed by atoms with Crippen molar-refractivity contribution in [3.05, 3.63) is 335 Å². The molecule has 13 aromatic heterocycles. The molecule has 1 saturated carbocycles. The van der Waals surface area contributed by atoms with Crippen LogP contribution >= 0.6 is 0 Å². The Hall–Kier alpha value is -18.0. The van der Waals surface area contributed by atoms with Gasteiger partial charge in [-0.15, -0.1) is 0 Å². The number of carbonyl (C=O) groups is 4. The van der Waals surface area contributed by atoms with E-state index in [4.69, 9.17) is 0 Å². The van der Waals surface area contributed by atoms with Crippen molar-refractivity contribution in [2.45, 2.75) is 75.9 Å². The number of piperidine rings is 2. The molecule has 4 amide bonds. The fourth-order valence-corrected chi connectivity index (χ4v) is 19.9. The van der Waals surface area contributed by atoms with Crippen molar-refractivity contribution >= 4 is 163 Å². The summed E-state index contributed by atoms with van der Waals surface area (Å²) in [5.41, 5.74) is 27.6. The fourth-order valence-electron chi connectivity index (χ4n) is 19.9. The van der Waals surface area contributed by atoms with Gasteiger partial charge in [0, 0.05) is 226 Å². The van der Waals surface area contributed by atoms with Gasteiger partial charge >= 0.3 is 0 Å². The standard InChI is InChI=1S/2C29H29N7O.C29H28N6O.C28H22N8O/c1-35-12-7-21(8-13-35)34-29(37)23-5-9-30-18-26(23)33-22-16-24(28-25(17-22)31-10-11-32-28)20-4-3-19-6-14-36(2)27(19)15-20;1-35-12-3-4-21(18-35)34-29(37)23-7-9-30-17-26(23)33-22-15-24(28-25(16-22)31-10-11-32-28)20-6-5-19-8-13-36(2)27(19)14-20;1-35-14-10-19-7-8-20(15-27(19)35)24-16-22(17-25-28(24)32-13-12-31-25)33-26-18-30-11-9-23(26)29(36)34-21-5-3-2-4-6-21;1-35-10-6-18-3-4-19(11-25(18)35)23-12-21(13-24-27(23)33-9-8-32-24)36(2)26-16-29-7-5-22(26)28(37)34-20-14-30-17-31-15-20/h3-6,9-11,14-18,21,33H,7-8,12-13H2,1-2H3,(H,34,37);5-11,13-17,21,33H,3-4,12,18H2,1-2H3,(H,34,37);7-18,21,33H,2-6H2,1H3,(H,34,36);3-17H,1-2H3,(H,34,37). The normalized spacial score (nSPS) is 14.1. The SMILES string of the molecule is CN(c1cc(-c2ccc3ccn(C)c3c2)c2nccnc2c1)c1cnccc1C(=O)Nc1cncnc1.CN1CCC(NC(=O)c2ccncc2Nc2cc(-c3ccc4ccn(C)c4c3)c3nccnc3c2)CC1.CN1CCCC(NC(=O)c2ccncc2Nc2cc(-c3ccc4ccn(C)c4c3)c3nccnc3c2)C1.Cn1ccc2ccc(-c3cc(Nc4cnccc4C(=O)NC4CCCCC4)cc4nccnc34)cc21. The number of likely N-dealkylation sites (N-methyl/N-ethyl adjacent to an activating group) is 1. The maximum atomic E-state index is 13.2. The van der Waals surface area contributed by atoms with Crippen molar-refractivity contribution in [3.8, 4) is 44.5 Å². The van der Waals surface area contributed by atoms with Gasteiger partial charge in [0.2, 0.25) is 0 Å². The first-order valence-corrected chi connectivity index (χ1v) is 49.2. The second-order valence-corrected chi connectivity index (χ2v) is 37.7. The third kappa shape index (κ3) is 21.1. The summed E-state index contributed by atoms with van der Waals surface area (Å²) in [5, 5.41) is 27.5. The van der Waals surface area contributed by atoms with Crippen LogP contribution in [0.15, 0.2) is 313 Å². The Balaban J connectivity index is 0.000000115. The number of likely N-dealkylation sites (tertiary alicyclic amines) is 2. The molecule has 3 aliphatic rings. The van der Waals surface area contributed by atoms with Gasteiger partial charge in [0.25, 0.3) is 23.6 Å². The third-order valence-corrected chi connectivity index (χ3v) is 27.7. The highest BCUT2D eigenvalue weighted by atomic mass is 16.2. The second kappa shape index (κ2) is 42.6. The zero-order valence-electron chi connectivity index (χ0n) is 82.4. The number of rotatable bonds is 20. The van der Waals surface area contributed by atoms with Crippen LogP contribution in [0.25, 0.3) is 132 Å². The molecule has 1 aliphatic carbocycles. The van der Waals surface area contributed by atoms with Crippen molar-refractivity contribution in [3.63, 3.8) is 0 Å². The van der Waals surface area contributed by atoms with Crippen molar-refractivity contribution in [1.29, 1.82) is 0 Å². The Bertz CT molecular complexity index is 8500. The number of fused-ring (bicyclic) bond motifs is 8. The summed E-state index contributed by atoms with van der Waals surface area (Å²) in [6, 6.07) is 57.7. The van der Waals surface area contributed by atoms with E-state index in [0.29, 0.717) is 50.7 Å². The Morgan fingerprint density at radius 1 is 0.306 bits per heavy atom. The van der Waals surface area contributed by atoms with Crippen LogP contribution in [0.4, 0.5) is 51.2 Å². The number of nitrogens with one attached hydrogen (secondary N) is 7. The van der Waals surface area contributed by atoms with Crippen LogP contribution in [0.2, 0.25) is 0 Å². The van der Waals surface area contributed by atoms with Crippen LogP contribution in [0, 0.1) is 0 Å². The van der Waals surface area contributed by atoms with Gasteiger partial charge in [-0.1, -0.05) is 67.8 Å². The molecule has 32 heteroatoms. The highest BCUT2D eigenvalue weighted by Crippen LogP contribution is 2.42. The lowest BCUT2D eigenvalue weighted by Gasteiger charge is -2.30. The number of hydrogen-bond donors (Lipinski definition) is 7. The molecule has 3 fully saturated rings. The van der Waals surface area contributed by atoms with Crippen LogP contribution in [0.3, 0.4) is 0 Å². The summed E-state index contributed by atoms with van der Waals surface area (Å²) in [4.78, 5) is 121. The van der Waals surface area contributed by atoms with E-state index in [-0.39, 0.29) is 41.8 Å². The van der Waals surface area contributed by atoms with Gasteiger partial charge in [-0.2, -0.15) is 0 Å². The monoisotopic (exact) mass is 1940 g/mol. The fraction of sp³-hybridized carbons (Fsp3) is 0.200. The Kier molecular flexibility index (Phi) is 27.6. The molecule has 1 atom stereocenters. The van der Waals surface area contributed by atoms with Gasteiger partial charge in [-0.3, -0.25) is 79.0 Å². The van der Waals surface area contributed by atoms with Crippen molar-refractivity contribution in [1.82, 2.24) is 114 Å². The number of carbonyl (C=O) groups excluding carboxylic acids is 4. The highest BCUT2D eigenvalue weighted by Gasteiger charge is 2.28. The van der Waals surface area contributed by atoms with Gasteiger partial charge in [0.15, 0.2) is 0 Å². The van der Waals surface area contributed by atoms with Crippen molar-refractivity contribution < 1.29 is 19.2 Å². The average molecular weight is 1950 g/mol. The molecule has 0 bridgehead atoms. The van der Waals surface area contributed by atoms with Gasteiger partial charge in [-0.25, -0.2) is 9.97 Å². The van der Waals surface area contributed by atoms with Crippen molar-refractivity contribution in [2.75, 3.05) is 73.5 Å². The van der Waals surface area contributed by atoms with E-state index >= 15 is 0 Å². The molecule has 2 aliphatic heterocycles. The minimum Gasteiger partial charge on any atom is -0.354 e. The number of benzene rings is 8. The number of hydrogen-bond acceptors (Lipinski definition) is 24. The Morgan fingerprint density at radius 3 is 1.06 bits per heavy atom. The molecule has 732 valence electrons. The van der Waals surface area contributed by atoms with Gasteiger partial charge < -0.3 is 70.2 Å². The maximum Gasteiger partial charge on any atom is 0.257 e. The van der Waals surface area contributed by atoms with E-state index < -0.39 is 0 Å². The topological polar surface area (TPSA) is 362 Å². The van der Waals surface area contributed by atoms with E-state index in [2.05, 4.69) is 289 Å². The van der Waals surface area contributed by atoms with Crippen LogP contribution in [0.1, 0.15) is 99.2 Å². The summed E-state index contributed by atoms with van der Waals surface area (Å²) in [6.07, 6.45) is 49.3. The first-order chi connectivity index (χ1) is 71.8. The first-order valence-electron chi connectivity index (χ1n) is 49.2. The van der Waals surface area contributed by atoms with Gasteiger partial charge in [-0.05, 0) is 237 Å². The molecule has 15 heterocycles. The zero-order chi connectivity index (χ0) is 101. The molecular weight excluding hydrogens is 1840 g/mol. The predicted molar refractivity (Wildman–Crippen MR) is 581 cm³/mol. The molecule has 8 aromatic carbocycles. The summed E-state index contributed by atoms with van der Waals surface area (Å²) in [6.45, 7) is 3.90. The summed E-state index contributed by atoms with van der Waals surface area (Å²) in [7, 11) is 14.3. The lowest BCUT2D eigenvalue weighted by atomic mass is 9.95. The summed E-state index contributed by atoms with van der Waals surface area (Å²) < 4.78 is 8.43. The number of amides is 4. The average Bonchev–Trinajstić information content (AvgIpc) is 1.76. The molecule has 0 spiro atoms. The minimum atomic E-state index is -0.283. The van der Waals surface area contributed by atoms with Crippen LogP contribution in [0.5, 0.6) is 0 Å². The summed E-state index contributed by atoms with van der Waals surface area (Å²) in [5.74, 6) is -0.537. The second-order valence-electron chi connectivity index (χ2n) is 37.7. The largest absolute Gasteiger partial charge is 0.354 e. The molecule has 21 aromatic rings.